The lowest BCUT2D eigenvalue weighted by Crippen LogP contribution is -2.38. The maximum Gasteiger partial charge on any atom is 0.258 e. The van der Waals surface area contributed by atoms with Crippen LogP contribution in [0.2, 0.25) is 0 Å². The summed E-state index contributed by atoms with van der Waals surface area (Å²) < 4.78 is 30.4. The Morgan fingerprint density at radius 3 is 2.33 bits per heavy atom. The second-order valence-electron chi connectivity index (χ2n) is 8.99. The molecule has 0 unspecified atom stereocenters. The van der Waals surface area contributed by atoms with E-state index in [4.69, 9.17) is 0 Å². The third kappa shape index (κ3) is 4.04. The van der Waals surface area contributed by atoms with Crippen molar-refractivity contribution in [2.45, 2.75) is 25.4 Å². The van der Waals surface area contributed by atoms with Crippen LogP contribution >= 0.6 is 0 Å². The van der Waals surface area contributed by atoms with E-state index >= 15 is 0 Å². The van der Waals surface area contributed by atoms with E-state index in [1.54, 1.807) is 35.0 Å². The van der Waals surface area contributed by atoms with Crippen LogP contribution in [0.4, 0.5) is 8.78 Å². The molecule has 180 valence electrons. The number of carbonyl (C=O) groups is 1. The molecule has 1 aliphatic rings. The molecular weight excluding hydrogens is 460 g/mol. The Morgan fingerprint density at radius 2 is 1.58 bits per heavy atom. The van der Waals surface area contributed by atoms with Gasteiger partial charge in [0.15, 0.2) is 0 Å². The highest BCUT2D eigenvalue weighted by molar-refractivity contribution is 6.06. The van der Waals surface area contributed by atoms with Gasteiger partial charge in [-0.25, -0.2) is 13.3 Å². The molecule has 0 radical (unpaired) electrons. The fraction of sp³-hybridized carbons (Fsp3) is 0.179. The van der Waals surface area contributed by atoms with Gasteiger partial charge in [-0.3, -0.25) is 9.48 Å². The van der Waals surface area contributed by atoms with Crippen LogP contribution in [0.25, 0.3) is 28.0 Å². The van der Waals surface area contributed by atoms with Gasteiger partial charge in [-0.05, 0) is 79.6 Å². The maximum atomic E-state index is 14.0. The number of carbonyl (C=O) groups excluding carboxylic acids is 1. The maximum absolute atomic E-state index is 14.0. The van der Waals surface area contributed by atoms with Crippen LogP contribution in [0, 0.1) is 11.6 Å². The number of likely N-dealkylation sites (tertiary alicyclic amines) is 1. The van der Waals surface area contributed by atoms with Crippen molar-refractivity contribution in [3.8, 4) is 22.5 Å². The van der Waals surface area contributed by atoms with Crippen LogP contribution in [-0.4, -0.2) is 42.8 Å². The molecule has 5 aromatic rings. The molecular formula is C28H23F2N5O. The largest absolute Gasteiger partial charge is 0.334 e. The van der Waals surface area contributed by atoms with E-state index < -0.39 is 0 Å². The Balaban J connectivity index is 1.30. The molecule has 1 saturated heterocycles. The Bertz CT molecular complexity index is 1540. The van der Waals surface area contributed by atoms with Crippen LogP contribution in [-0.2, 0) is 6.54 Å². The first-order chi connectivity index (χ1) is 17.6. The SMILES string of the molecule is O=C(c1c(-c2ccc(F)cc2)nn2ccccc12)N1CCC[C@H]1Cn1ccc(-c2ccc(F)cc2)n1. The second-order valence-corrected chi connectivity index (χ2v) is 8.99. The molecule has 6 nitrogen and oxygen atoms in total. The number of benzene rings is 2. The van der Waals surface area contributed by atoms with Gasteiger partial charge >= 0.3 is 0 Å². The second kappa shape index (κ2) is 9.03. The minimum atomic E-state index is -0.339. The smallest absolute Gasteiger partial charge is 0.258 e. The molecule has 0 N–H and O–H groups in total. The molecule has 6 rings (SSSR count). The van der Waals surface area contributed by atoms with Crippen molar-refractivity contribution in [1.29, 1.82) is 0 Å². The van der Waals surface area contributed by atoms with Crippen molar-refractivity contribution in [2.24, 2.45) is 0 Å². The molecule has 0 spiro atoms. The van der Waals surface area contributed by atoms with E-state index in [0.29, 0.717) is 35.4 Å². The number of pyridine rings is 1. The van der Waals surface area contributed by atoms with E-state index in [0.717, 1.165) is 24.1 Å². The van der Waals surface area contributed by atoms with Gasteiger partial charge in [-0.1, -0.05) is 6.07 Å². The molecule has 36 heavy (non-hydrogen) atoms. The summed E-state index contributed by atoms with van der Waals surface area (Å²) in [7, 11) is 0. The molecule has 1 aliphatic heterocycles. The number of rotatable bonds is 5. The van der Waals surface area contributed by atoms with Crippen LogP contribution in [0.1, 0.15) is 23.2 Å². The third-order valence-electron chi connectivity index (χ3n) is 6.69. The summed E-state index contributed by atoms with van der Waals surface area (Å²) in [6.07, 6.45) is 5.45. The molecule has 2 aromatic carbocycles. The van der Waals surface area contributed by atoms with Crippen molar-refractivity contribution < 1.29 is 13.6 Å². The van der Waals surface area contributed by atoms with Gasteiger partial charge in [-0.15, -0.1) is 0 Å². The van der Waals surface area contributed by atoms with Gasteiger partial charge in [0.05, 0.1) is 29.4 Å². The predicted molar refractivity (Wildman–Crippen MR) is 132 cm³/mol. The van der Waals surface area contributed by atoms with E-state index in [9.17, 15) is 13.6 Å². The standard InChI is InChI=1S/C28H23F2N5O/c29-21-10-6-19(7-11-21)24-14-17-33(31-24)18-23-4-3-15-34(23)28(36)26-25-5-1-2-16-35(25)32-27(26)20-8-12-22(30)13-9-20/h1-2,5-14,16-17,23H,3-4,15,18H2/t23-/m0/s1. The zero-order valence-corrected chi connectivity index (χ0v) is 19.4. The minimum Gasteiger partial charge on any atom is -0.334 e. The summed E-state index contributed by atoms with van der Waals surface area (Å²) in [5.74, 6) is -0.718. The lowest BCUT2D eigenvalue weighted by atomic mass is 10.0. The van der Waals surface area contributed by atoms with Gasteiger partial charge in [0.25, 0.3) is 5.91 Å². The molecule has 0 saturated carbocycles. The summed E-state index contributed by atoms with van der Waals surface area (Å²) in [6.45, 7) is 1.20. The van der Waals surface area contributed by atoms with E-state index in [-0.39, 0.29) is 23.6 Å². The topological polar surface area (TPSA) is 55.4 Å². The van der Waals surface area contributed by atoms with Crippen LogP contribution < -0.4 is 0 Å². The molecule has 3 aromatic heterocycles. The first-order valence-electron chi connectivity index (χ1n) is 11.9. The average molecular weight is 484 g/mol. The summed E-state index contributed by atoms with van der Waals surface area (Å²) in [4.78, 5) is 15.9. The molecule has 1 fully saturated rings. The molecule has 0 aliphatic carbocycles. The number of aromatic nitrogens is 4. The first-order valence-corrected chi connectivity index (χ1v) is 11.9. The number of amides is 1. The number of fused-ring (bicyclic) bond motifs is 1. The van der Waals surface area contributed by atoms with E-state index in [2.05, 4.69) is 10.2 Å². The fourth-order valence-electron chi connectivity index (χ4n) is 4.91. The zero-order chi connectivity index (χ0) is 24.6. The Kier molecular flexibility index (Phi) is 5.56. The van der Waals surface area contributed by atoms with Crippen molar-refractivity contribution >= 4 is 11.4 Å². The van der Waals surface area contributed by atoms with E-state index in [1.807, 2.05) is 40.0 Å². The quantitative estimate of drug-likeness (QED) is 0.334. The van der Waals surface area contributed by atoms with Crippen molar-refractivity contribution in [1.82, 2.24) is 24.3 Å². The van der Waals surface area contributed by atoms with Gasteiger partial charge in [0.2, 0.25) is 0 Å². The van der Waals surface area contributed by atoms with Crippen LogP contribution in [0.3, 0.4) is 0 Å². The third-order valence-corrected chi connectivity index (χ3v) is 6.69. The fourth-order valence-corrected chi connectivity index (χ4v) is 4.91. The van der Waals surface area contributed by atoms with Crippen molar-refractivity contribution in [2.75, 3.05) is 6.54 Å². The predicted octanol–water partition coefficient (Wildman–Crippen LogP) is 5.45. The Hall–Kier alpha value is -4.33. The number of nitrogens with zero attached hydrogens (tertiary/aromatic N) is 5. The summed E-state index contributed by atoms with van der Waals surface area (Å²) >= 11 is 0. The van der Waals surface area contributed by atoms with Crippen molar-refractivity contribution in [3.63, 3.8) is 0 Å². The molecule has 8 heteroatoms. The molecule has 0 bridgehead atoms. The van der Waals surface area contributed by atoms with Crippen LogP contribution in [0.15, 0.2) is 85.2 Å². The minimum absolute atomic E-state index is 0.0294. The zero-order valence-electron chi connectivity index (χ0n) is 19.4. The Labute approximate surface area is 206 Å². The highest BCUT2D eigenvalue weighted by Gasteiger charge is 2.33. The van der Waals surface area contributed by atoms with Gasteiger partial charge in [0.1, 0.15) is 17.3 Å². The average Bonchev–Trinajstić information content (AvgIpc) is 3.63. The van der Waals surface area contributed by atoms with Crippen molar-refractivity contribution in [3.05, 3.63) is 102 Å². The molecule has 1 amide bonds. The lowest BCUT2D eigenvalue weighted by molar-refractivity contribution is 0.0724. The summed E-state index contributed by atoms with van der Waals surface area (Å²) in [6, 6.07) is 19.8. The van der Waals surface area contributed by atoms with E-state index in [1.165, 1.54) is 24.3 Å². The highest BCUT2D eigenvalue weighted by Crippen LogP contribution is 2.31. The lowest BCUT2D eigenvalue weighted by Gasteiger charge is -2.25. The number of halogens is 2. The molecule has 4 heterocycles. The van der Waals surface area contributed by atoms with Crippen LogP contribution in [0.5, 0.6) is 0 Å². The van der Waals surface area contributed by atoms with Gasteiger partial charge in [-0.2, -0.15) is 10.2 Å². The Morgan fingerprint density at radius 1 is 0.861 bits per heavy atom. The summed E-state index contributed by atoms with van der Waals surface area (Å²) in [5.41, 5.74) is 4.05. The first kappa shape index (κ1) is 22.2. The van der Waals surface area contributed by atoms with Gasteiger partial charge in [0, 0.05) is 30.1 Å². The number of hydrogen-bond acceptors (Lipinski definition) is 3. The number of hydrogen-bond donors (Lipinski definition) is 0. The summed E-state index contributed by atoms with van der Waals surface area (Å²) in [5, 5.41) is 9.32. The monoisotopic (exact) mass is 483 g/mol. The highest BCUT2D eigenvalue weighted by atomic mass is 19.1. The molecule has 1 atom stereocenters. The normalized spacial score (nSPS) is 15.6. The van der Waals surface area contributed by atoms with Gasteiger partial charge < -0.3 is 4.90 Å².